The molecule has 2 saturated carbocycles. The van der Waals surface area contributed by atoms with Crippen molar-refractivity contribution in [2.45, 2.75) is 43.9 Å². The minimum Gasteiger partial charge on any atom is -0.481 e. The summed E-state index contributed by atoms with van der Waals surface area (Å²) < 4.78 is 13.7. The van der Waals surface area contributed by atoms with E-state index in [1.807, 2.05) is 19.1 Å². The first-order valence-electron chi connectivity index (χ1n) is 8.52. The Hall–Kier alpha value is -2.23. The summed E-state index contributed by atoms with van der Waals surface area (Å²) >= 11 is 0. The SMILES string of the molecule is CC[C@@]1(C(=O)O)[C@@H](c2cccc(F)c2)[C@@H]1c1ccnc(C2CC2)c1. The molecule has 2 aromatic rings. The van der Waals surface area contributed by atoms with Crippen LogP contribution in [0.4, 0.5) is 4.39 Å². The molecule has 4 rings (SSSR count). The third-order valence-electron chi connectivity index (χ3n) is 5.69. The van der Waals surface area contributed by atoms with Crippen LogP contribution in [-0.4, -0.2) is 16.1 Å². The van der Waals surface area contributed by atoms with Crippen molar-refractivity contribution in [2.24, 2.45) is 5.41 Å². The average Bonchev–Trinajstić information content (AvgIpc) is 3.47. The van der Waals surface area contributed by atoms with Crippen LogP contribution in [0.1, 0.15) is 60.8 Å². The van der Waals surface area contributed by atoms with Gasteiger partial charge in [0.05, 0.1) is 5.41 Å². The fourth-order valence-corrected chi connectivity index (χ4v) is 4.24. The van der Waals surface area contributed by atoms with Gasteiger partial charge in [0, 0.05) is 29.6 Å². The van der Waals surface area contributed by atoms with Crippen LogP contribution in [-0.2, 0) is 4.79 Å². The van der Waals surface area contributed by atoms with Gasteiger partial charge >= 0.3 is 5.97 Å². The largest absolute Gasteiger partial charge is 0.481 e. The monoisotopic (exact) mass is 325 g/mol. The number of aliphatic carboxylic acids is 1. The topological polar surface area (TPSA) is 50.2 Å². The molecule has 1 aromatic carbocycles. The van der Waals surface area contributed by atoms with Gasteiger partial charge in [0.15, 0.2) is 0 Å². The number of hydrogen-bond donors (Lipinski definition) is 1. The second-order valence-electron chi connectivity index (χ2n) is 7.00. The molecule has 0 radical (unpaired) electrons. The molecule has 4 heteroatoms. The molecule has 1 aromatic heterocycles. The van der Waals surface area contributed by atoms with Gasteiger partial charge in [-0.1, -0.05) is 19.1 Å². The number of hydrogen-bond acceptors (Lipinski definition) is 2. The molecule has 24 heavy (non-hydrogen) atoms. The normalized spacial score (nSPS) is 28.6. The van der Waals surface area contributed by atoms with E-state index in [2.05, 4.69) is 11.1 Å². The molecule has 2 fully saturated rings. The lowest BCUT2D eigenvalue weighted by molar-refractivity contribution is -0.143. The van der Waals surface area contributed by atoms with Gasteiger partial charge in [0.2, 0.25) is 0 Å². The van der Waals surface area contributed by atoms with Crippen molar-refractivity contribution >= 4 is 5.97 Å². The number of aromatic nitrogens is 1. The van der Waals surface area contributed by atoms with Crippen LogP contribution < -0.4 is 0 Å². The van der Waals surface area contributed by atoms with Gasteiger partial charge in [0.1, 0.15) is 5.82 Å². The standard InChI is InChI=1S/C20H20FNO2/c1-2-20(19(23)24)17(13-4-3-5-15(21)10-13)18(20)14-8-9-22-16(11-14)12-6-7-12/h3-5,8-12,17-18H,2,6-7H2,1H3,(H,23,24)/t17-,18-,20+/m0/s1. The van der Waals surface area contributed by atoms with Gasteiger partial charge in [-0.05, 0) is 54.7 Å². The van der Waals surface area contributed by atoms with E-state index in [-0.39, 0.29) is 17.7 Å². The van der Waals surface area contributed by atoms with Crippen LogP contribution in [0.5, 0.6) is 0 Å². The first-order chi connectivity index (χ1) is 11.6. The van der Waals surface area contributed by atoms with Crippen LogP contribution in [0.15, 0.2) is 42.6 Å². The number of rotatable bonds is 5. The van der Waals surface area contributed by atoms with Gasteiger partial charge in [-0.2, -0.15) is 0 Å². The van der Waals surface area contributed by atoms with Gasteiger partial charge in [-0.15, -0.1) is 0 Å². The summed E-state index contributed by atoms with van der Waals surface area (Å²) in [7, 11) is 0. The summed E-state index contributed by atoms with van der Waals surface area (Å²) in [6.45, 7) is 1.91. The third-order valence-corrected chi connectivity index (χ3v) is 5.69. The summed E-state index contributed by atoms with van der Waals surface area (Å²) in [4.78, 5) is 16.5. The zero-order chi connectivity index (χ0) is 16.9. The fraction of sp³-hybridized carbons (Fsp3) is 0.400. The predicted octanol–water partition coefficient (Wildman–Crippen LogP) is 4.46. The number of pyridine rings is 1. The van der Waals surface area contributed by atoms with Crippen LogP contribution in [0.25, 0.3) is 0 Å². The second kappa shape index (κ2) is 5.40. The van der Waals surface area contributed by atoms with Crippen molar-refractivity contribution in [1.29, 1.82) is 0 Å². The molecule has 0 bridgehead atoms. The molecule has 1 N–H and O–H groups in total. The number of carboxylic acids is 1. The van der Waals surface area contributed by atoms with Crippen LogP contribution in [0.2, 0.25) is 0 Å². The highest BCUT2D eigenvalue weighted by molar-refractivity contribution is 5.84. The van der Waals surface area contributed by atoms with Gasteiger partial charge in [0.25, 0.3) is 0 Å². The Morgan fingerprint density at radius 2 is 1.96 bits per heavy atom. The third kappa shape index (κ3) is 2.24. The number of carbonyl (C=O) groups is 1. The molecule has 0 amide bonds. The zero-order valence-corrected chi connectivity index (χ0v) is 13.6. The predicted molar refractivity (Wildman–Crippen MR) is 88.5 cm³/mol. The molecular weight excluding hydrogens is 305 g/mol. The summed E-state index contributed by atoms with van der Waals surface area (Å²) in [5.41, 5.74) is 2.00. The lowest BCUT2D eigenvalue weighted by Gasteiger charge is -2.10. The molecule has 3 atom stereocenters. The number of benzene rings is 1. The Morgan fingerprint density at radius 1 is 1.25 bits per heavy atom. The summed E-state index contributed by atoms with van der Waals surface area (Å²) in [6, 6.07) is 10.3. The van der Waals surface area contributed by atoms with Crippen molar-refractivity contribution in [3.8, 4) is 0 Å². The Labute approximate surface area is 140 Å². The number of carboxylic acid groups (broad SMARTS) is 1. The number of nitrogens with zero attached hydrogens (tertiary/aromatic N) is 1. The number of halogens is 1. The maximum absolute atomic E-state index is 13.7. The molecule has 124 valence electrons. The molecule has 2 aliphatic rings. The molecule has 0 unspecified atom stereocenters. The van der Waals surface area contributed by atoms with E-state index in [9.17, 15) is 14.3 Å². The first kappa shape index (κ1) is 15.3. The van der Waals surface area contributed by atoms with E-state index in [4.69, 9.17) is 0 Å². The van der Waals surface area contributed by atoms with Crippen LogP contribution in [0.3, 0.4) is 0 Å². The molecule has 3 nitrogen and oxygen atoms in total. The van der Waals surface area contributed by atoms with Gasteiger partial charge < -0.3 is 5.11 Å². The Morgan fingerprint density at radius 3 is 2.54 bits per heavy atom. The highest BCUT2D eigenvalue weighted by atomic mass is 19.1. The van der Waals surface area contributed by atoms with Crippen molar-refractivity contribution < 1.29 is 14.3 Å². The summed E-state index contributed by atoms with van der Waals surface area (Å²) in [6.07, 6.45) is 4.63. The molecule has 1 heterocycles. The Balaban J connectivity index is 1.77. The molecule has 0 saturated heterocycles. The molecule has 0 spiro atoms. The molecule has 0 aliphatic heterocycles. The Kier molecular flexibility index (Phi) is 3.44. The lowest BCUT2D eigenvalue weighted by Crippen LogP contribution is -2.17. The van der Waals surface area contributed by atoms with E-state index in [0.29, 0.717) is 12.3 Å². The minimum absolute atomic E-state index is 0.123. The summed E-state index contributed by atoms with van der Waals surface area (Å²) in [5, 5.41) is 9.92. The van der Waals surface area contributed by atoms with Crippen LogP contribution in [0, 0.1) is 11.2 Å². The zero-order valence-electron chi connectivity index (χ0n) is 13.6. The molecular formula is C20H20FNO2. The first-order valence-corrected chi connectivity index (χ1v) is 8.52. The van der Waals surface area contributed by atoms with E-state index >= 15 is 0 Å². The second-order valence-corrected chi connectivity index (χ2v) is 7.00. The van der Waals surface area contributed by atoms with Crippen molar-refractivity contribution in [3.05, 3.63) is 65.2 Å². The quantitative estimate of drug-likeness (QED) is 0.883. The fourth-order valence-electron chi connectivity index (χ4n) is 4.24. The van der Waals surface area contributed by atoms with E-state index in [1.165, 1.54) is 12.1 Å². The maximum Gasteiger partial charge on any atom is 0.310 e. The smallest absolute Gasteiger partial charge is 0.310 e. The van der Waals surface area contributed by atoms with E-state index < -0.39 is 11.4 Å². The minimum atomic E-state index is -0.851. The maximum atomic E-state index is 13.7. The summed E-state index contributed by atoms with van der Waals surface area (Å²) in [5.74, 6) is -0.902. The Bertz CT molecular complexity index is 802. The highest BCUT2D eigenvalue weighted by Crippen LogP contribution is 2.72. The van der Waals surface area contributed by atoms with Crippen molar-refractivity contribution in [3.63, 3.8) is 0 Å². The van der Waals surface area contributed by atoms with Gasteiger partial charge in [-0.3, -0.25) is 9.78 Å². The van der Waals surface area contributed by atoms with E-state index in [1.54, 1.807) is 12.3 Å². The highest BCUT2D eigenvalue weighted by Gasteiger charge is 2.69. The van der Waals surface area contributed by atoms with Crippen molar-refractivity contribution in [2.75, 3.05) is 0 Å². The molecule has 2 aliphatic carbocycles. The average molecular weight is 325 g/mol. The van der Waals surface area contributed by atoms with E-state index in [0.717, 1.165) is 29.7 Å². The van der Waals surface area contributed by atoms with Crippen molar-refractivity contribution in [1.82, 2.24) is 4.98 Å². The van der Waals surface area contributed by atoms with Crippen LogP contribution >= 0.6 is 0 Å². The lowest BCUT2D eigenvalue weighted by atomic mass is 9.94. The van der Waals surface area contributed by atoms with Gasteiger partial charge in [-0.25, -0.2) is 4.39 Å².